The quantitative estimate of drug-likeness (QED) is 0.0276. The van der Waals surface area contributed by atoms with E-state index in [-0.39, 0.29) is 53.3 Å². The fraction of sp³-hybridized carbons (Fsp3) is 0.184. The van der Waals surface area contributed by atoms with Gasteiger partial charge in [-0.1, -0.05) is 73.3 Å². The molecule has 0 fully saturated rings. The second kappa shape index (κ2) is 16.3. The fourth-order valence-corrected chi connectivity index (χ4v) is 7.03. The first-order valence-electron chi connectivity index (χ1n) is 16.4. The molecule has 0 bridgehead atoms. The average Bonchev–Trinajstić information content (AvgIpc) is 3.48. The monoisotopic (exact) mass is 758 g/mol. The van der Waals surface area contributed by atoms with Crippen molar-refractivity contribution in [1.29, 1.82) is 0 Å². The number of phosphoric ester groups is 1. The lowest BCUT2D eigenvalue weighted by Gasteiger charge is -2.20. The van der Waals surface area contributed by atoms with E-state index in [1.165, 1.54) is 36.4 Å². The van der Waals surface area contributed by atoms with Gasteiger partial charge in [0.2, 0.25) is 0 Å². The summed E-state index contributed by atoms with van der Waals surface area (Å²) in [4.78, 5) is 60.2. The van der Waals surface area contributed by atoms with E-state index in [9.17, 15) is 38.3 Å². The molecule has 0 saturated carbocycles. The Hall–Kier alpha value is -6.15. The molecule has 2 atom stereocenters. The number of nitro groups is 1. The third-order valence-electron chi connectivity index (χ3n) is 8.66. The van der Waals surface area contributed by atoms with Crippen LogP contribution in [0.5, 0.6) is 5.75 Å². The number of rotatable bonds is 15. The van der Waals surface area contributed by atoms with Crippen LogP contribution in [0.1, 0.15) is 33.7 Å². The van der Waals surface area contributed by atoms with E-state index in [1.54, 1.807) is 0 Å². The number of carbonyl (C=O) groups is 2. The van der Waals surface area contributed by atoms with Crippen LogP contribution in [0, 0.1) is 10.1 Å². The molecule has 0 radical (unpaired) electrons. The molecule has 278 valence electrons. The van der Waals surface area contributed by atoms with E-state index in [2.05, 4.69) is 11.9 Å². The fourth-order valence-electron chi connectivity index (χ4n) is 6.26. The molecule has 1 aromatic heterocycles. The molecule has 1 amide bonds. The third kappa shape index (κ3) is 8.23. The van der Waals surface area contributed by atoms with Crippen molar-refractivity contribution in [3.63, 3.8) is 0 Å². The summed E-state index contributed by atoms with van der Waals surface area (Å²) in [6.45, 7) is 1.26. The minimum atomic E-state index is -5.02. The molecule has 16 heteroatoms. The normalized spacial score (nSPS) is 13.6. The number of nitrogens with zero attached hydrogens (tertiary/aromatic N) is 1. The van der Waals surface area contributed by atoms with Gasteiger partial charge in [-0.15, -0.1) is 0 Å². The Labute approximate surface area is 306 Å². The highest BCUT2D eigenvalue weighted by Crippen LogP contribution is 2.48. The van der Waals surface area contributed by atoms with Gasteiger partial charge in [0.25, 0.3) is 5.69 Å². The van der Waals surface area contributed by atoms with Gasteiger partial charge < -0.3 is 23.7 Å². The Bertz CT molecular complexity index is 2320. The van der Waals surface area contributed by atoms with Crippen molar-refractivity contribution in [1.82, 2.24) is 5.32 Å². The summed E-state index contributed by atoms with van der Waals surface area (Å²) in [7, 11) is -5.02. The number of nitro benzene ring substituents is 1. The number of alkyl carbamates (subject to hydrolysis) is 1. The lowest BCUT2D eigenvalue weighted by molar-refractivity contribution is -0.385. The van der Waals surface area contributed by atoms with Crippen molar-refractivity contribution >= 4 is 36.5 Å². The predicted molar refractivity (Wildman–Crippen MR) is 192 cm³/mol. The van der Waals surface area contributed by atoms with Crippen LogP contribution in [0.25, 0.3) is 22.1 Å². The zero-order chi connectivity index (χ0) is 38.4. The zero-order valence-electron chi connectivity index (χ0n) is 28.3. The smallest absolute Gasteiger partial charge is 0.460 e. The Morgan fingerprint density at radius 3 is 2.33 bits per heavy atom. The van der Waals surface area contributed by atoms with E-state index >= 15 is 0 Å². The Morgan fingerprint density at radius 1 is 1.00 bits per heavy atom. The molecular weight excluding hydrogens is 726 g/mol. The summed E-state index contributed by atoms with van der Waals surface area (Å²) >= 11 is 0. The van der Waals surface area contributed by atoms with Crippen molar-refractivity contribution in [2.45, 2.75) is 31.7 Å². The van der Waals surface area contributed by atoms with Crippen molar-refractivity contribution in [2.24, 2.45) is 0 Å². The Balaban J connectivity index is 1.22. The van der Waals surface area contributed by atoms with Crippen molar-refractivity contribution < 1.29 is 51.3 Å². The standard InChI is InChI=1S/C38H32FN2O12P/c1-2-17-49-37(43)32(40-38(44)50-22-31-28-12-6-4-10-26(28)27-11-5-7-13-29(27)31)18-24-19-35(42)52-36-25(24)15-16-34(30(36)20-39)53-54(47,48)51-21-23-9-3-8-14-33(23)41(45)46/h2-16,19,31-32H,1,17-18,20-22H2,(H,40,44)(H,47,48)/t32-/m0/s1. The minimum absolute atomic E-state index is 0.0203. The van der Waals surface area contributed by atoms with Gasteiger partial charge in [-0.3, -0.25) is 19.5 Å². The zero-order valence-corrected chi connectivity index (χ0v) is 29.2. The summed E-state index contributed by atoms with van der Waals surface area (Å²) in [5.74, 6) is -1.66. The number of para-hydroxylation sites is 1. The number of halogens is 1. The topological polar surface area (TPSA) is 194 Å². The van der Waals surface area contributed by atoms with Crippen LogP contribution >= 0.6 is 7.82 Å². The van der Waals surface area contributed by atoms with Gasteiger partial charge in [-0.2, -0.15) is 0 Å². The minimum Gasteiger partial charge on any atom is -0.460 e. The van der Waals surface area contributed by atoms with Crippen LogP contribution in [0.15, 0.2) is 113 Å². The molecule has 1 unspecified atom stereocenters. The van der Waals surface area contributed by atoms with Crippen LogP contribution in [0.2, 0.25) is 0 Å². The van der Waals surface area contributed by atoms with Crippen LogP contribution in [0.3, 0.4) is 0 Å². The maximum atomic E-state index is 14.6. The van der Waals surface area contributed by atoms with Gasteiger partial charge in [0, 0.05) is 29.9 Å². The maximum absolute atomic E-state index is 14.6. The number of ether oxygens (including phenoxy) is 2. The van der Waals surface area contributed by atoms with Gasteiger partial charge in [-0.25, -0.2) is 23.3 Å². The molecule has 2 N–H and O–H groups in total. The van der Waals surface area contributed by atoms with E-state index in [1.807, 2.05) is 48.5 Å². The van der Waals surface area contributed by atoms with E-state index in [4.69, 9.17) is 22.9 Å². The molecule has 14 nitrogen and oxygen atoms in total. The molecule has 0 spiro atoms. The number of benzene rings is 4. The first-order chi connectivity index (χ1) is 26.0. The number of amides is 1. The van der Waals surface area contributed by atoms with Gasteiger partial charge >= 0.3 is 25.5 Å². The molecule has 1 aliphatic rings. The molecule has 4 aromatic carbocycles. The van der Waals surface area contributed by atoms with Crippen molar-refractivity contribution in [3.8, 4) is 16.9 Å². The van der Waals surface area contributed by atoms with E-state index in [0.717, 1.165) is 34.4 Å². The van der Waals surface area contributed by atoms with Crippen LogP contribution in [-0.2, 0) is 43.1 Å². The van der Waals surface area contributed by atoms with Gasteiger partial charge in [0.15, 0.2) is 0 Å². The van der Waals surface area contributed by atoms with Crippen LogP contribution < -0.4 is 15.5 Å². The average molecular weight is 759 g/mol. The third-order valence-corrected chi connectivity index (χ3v) is 9.55. The highest BCUT2D eigenvalue weighted by molar-refractivity contribution is 7.47. The van der Waals surface area contributed by atoms with Crippen molar-refractivity contribution in [3.05, 3.63) is 152 Å². The number of hydrogen-bond donors (Lipinski definition) is 2. The number of alkyl halides is 1. The molecule has 1 aliphatic carbocycles. The summed E-state index contributed by atoms with van der Waals surface area (Å²) in [6, 6.07) is 23.0. The predicted octanol–water partition coefficient (Wildman–Crippen LogP) is 7.05. The lowest BCUT2D eigenvalue weighted by atomic mass is 9.98. The SMILES string of the molecule is C=CCOC(=O)[C@H](Cc1cc(=O)oc2c(CF)c(OP(=O)(O)OCc3ccccc3[N+](=O)[O-])ccc12)NC(=O)OCC1c2ccccc2-c2ccccc21. The number of esters is 1. The van der Waals surface area contributed by atoms with E-state index in [0.29, 0.717) is 0 Å². The van der Waals surface area contributed by atoms with Gasteiger partial charge in [-0.05, 0) is 46.0 Å². The summed E-state index contributed by atoms with van der Waals surface area (Å²) in [5.41, 5.74) is 1.98. The van der Waals surface area contributed by atoms with Gasteiger partial charge in [0.1, 0.15) is 37.3 Å². The number of carbonyl (C=O) groups excluding carboxylic acids is 2. The summed E-state index contributed by atoms with van der Waals surface area (Å²) in [5, 5.41) is 13.9. The summed E-state index contributed by atoms with van der Waals surface area (Å²) < 4.78 is 53.6. The number of phosphoric acid groups is 1. The highest BCUT2D eigenvalue weighted by atomic mass is 31.2. The largest absolute Gasteiger partial charge is 0.527 e. The lowest BCUT2D eigenvalue weighted by Crippen LogP contribution is -2.44. The van der Waals surface area contributed by atoms with E-state index < -0.39 is 61.1 Å². The number of nitrogens with one attached hydrogen (secondary N) is 1. The molecule has 1 heterocycles. The number of hydrogen-bond acceptors (Lipinski definition) is 11. The molecule has 54 heavy (non-hydrogen) atoms. The first-order valence-corrected chi connectivity index (χ1v) is 17.9. The Morgan fingerprint density at radius 2 is 1.67 bits per heavy atom. The number of fused-ring (bicyclic) bond motifs is 4. The second-order valence-electron chi connectivity index (χ2n) is 12.0. The van der Waals surface area contributed by atoms with Gasteiger partial charge in [0.05, 0.1) is 22.7 Å². The first kappa shape index (κ1) is 37.6. The summed E-state index contributed by atoms with van der Waals surface area (Å²) in [6.07, 6.45) is 0.0459. The maximum Gasteiger partial charge on any atom is 0.527 e. The Kier molecular flexibility index (Phi) is 11.3. The molecule has 0 aliphatic heterocycles. The molecule has 6 rings (SSSR count). The molecule has 5 aromatic rings. The van der Waals surface area contributed by atoms with Crippen LogP contribution in [-0.4, -0.2) is 41.1 Å². The second-order valence-corrected chi connectivity index (χ2v) is 13.4. The molecular formula is C38H32FN2O12P. The highest BCUT2D eigenvalue weighted by Gasteiger charge is 2.32. The molecule has 0 saturated heterocycles. The van der Waals surface area contributed by atoms with Crippen molar-refractivity contribution in [2.75, 3.05) is 13.2 Å². The van der Waals surface area contributed by atoms with Crippen LogP contribution in [0.4, 0.5) is 14.9 Å².